The average Bonchev–Trinajstić information content (AvgIpc) is 0.819. The number of hydrogen-bond donors (Lipinski definition) is 2. The topological polar surface area (TPSA) is 333 Å². The molecule has 0 radical (unpaired) electrons. The fraction of sp³-hybridized carbons (Fsp3) is 0.613. The van der Waals surface area contributed by atoms with Crippen molar-refractivity contribution in [3.8, 4) is 23.0 Å². The molecule has 2 N–H and O–H groups in total. The van der Waals surface area contributed by atoms with Gasteiger partial charge in [-0.1, -0.05) is 137 Å². The molecule has 33 heteroatoms. The second-order valence-corrected chi connectivity index (χ2v) is 45.3. The van der Waals surface area contributed by atoms with E-state index in [1.807, 2.05) is 207 Å². The first-order valence-electron chi connectivity index (χ1n) is 51.1. The first-order valence-corrected chi connectivity index (χ1v) is 53.0. The van der Waals surface area contributed by atoms with E-state index in [0.717, 1.165) is 186 Å². The molecule has 14 rings (SSSR count). The number of aromatic hydroxyl groups is 1. The van der Waals surface area contributed by atoms with Gasteiger partial charge in [-0.25, -0.2) is 28.8 Å². The van der Waals surface area contributed by atoms with Crippen LogP contribution >= 0.6 is 0 Å². The number of nitrogens with one attached hydrogen (secondary N) is 1. The van der Waals surface area contributed by atoms with Crippen molar-refractivity contribution >= 4 is 53.1 Å². The van der Waals surface area contributed by atoms with Crippen LogP contribution in [-0.2, 0) is 65.6 Å². The number of hydrogen-bond acceptors (Lipinski definition) is 24. The molecule has 0 aromatic heterocycles. The molecule has 788 valence electrons. The standard InChI is InChI=1S/C31H42N2O5.C24H38N2O3.C23H36N2O3.C17H25NO3.C15H21NO5S.CH2O3.2K.H/c1-23-13-14-28(33(20-23)30(35)38-31(2,3)4)26-11-8-12-27(19-26)36-21-25-15-17-32(18-16-25)29(34)37-22-24-9-6-5-7-10-24;1-18-9-10-22(26(16-18)23(27)29-24(2,3)4)20-7-6-8-21(15-20)28-17-19-11-13-25(5)14-12-19;1-17-8-9-21(25(15-17)22(26)28-23(2,3)4)19-6-5-7-20(14-19)27-16-18-10-12-24-13-11-18;1-12-8-9-15(13-6-5-7-14(19)10-13)18(11-12)16(20)21-17(2,3)4;1-22(18,19)21-12-14-7-9-16(10-8-14)15(17)20-11-13-5-3-2-4-6-13;2-1-4-3;;;/h5-12,19,23,25,28H,13-18,20-22H2,1-4H3;6-8,15,18-19,22H,9-14,16-17H2,1-5H3;5-7,14,17-18,21,24H,8-13,15-16H2,1-4H3;5-7,10,12,15,19H,8-9,11H2,1-4H3;2-6,14H,7-12H2,1H3;1,3H;;;/q;;;;;;2*+1;-1/p-1/t23-,28+;18-,22+;17-,21+;12-,15+;;;;;/m0000...../s1. The van der Waals surface area contributed by atoms with Crippen LogP contribution in [0.3, 0.4) is 0 Å². The summed E-state index contributed by atoms with van der Waals surface area (Å²) >= 11 is 0. The van der Waals surface area contributed by atoms with Crippen molar-refractivity contribution in [2.45, 2.75) is 273 Å². The van der Waals surface area contributed by atoms with Gasteiger partial charge in [0.1, 0.15) is 58.6 Å². The number of phenolic OH excluding ortho intramolecular Hbond substituents is 1. The van der Waals surface area contributed by atoms with Crippen LogP contribution in [0.2, 0.25) is 0 Å². The molecular formula is C111H164K2N8O22S. The first-order chi connectivity index (χ1) is 67.3. The number of phenols is 1. The number of piperidine rings is 8. The van der Waals surface area contributed by atoms with E-state index < -0.39 is 32.5 Å². The summed E-state index contributed by atoms with van der Waals surface area (Å²) in [5.41, 5.74) is 4.27. The van der Waals surface area contributed by atoms with E-state index in [4.69, 9.17) is 56.9 Å². The van der Waals surface area contributed by atoms with Crippen molar-refractivity contribution in [3.63, 3.8) is 0 Å². The fourth-order valence-electron chi connectivity index (χ4n) is 18.6. The van der Waals surface area contributed by atoms with Crippen molar-refractivity contribution in [1.82, 2.24) is 39.6 Å². The third-order valence-corrected chi connectivity index (χ3v) is 26.8. The monoisotopic (exact) mass is 2070 g/mol. The van der Waals surface area contributed by atoms with Crippen molar-refractivity contribution in [1.29, 1.82) is 0 Å². The maximum Gasteiger partial charge on any atom is 1.00 e. The Morgan fingerprint density at radius 3 is 0.951 bits per heavy atom. The van der Waals surface area contributed by atoms with Gasteiger partial charge in [-0.15, -0.1) is 0 Å². The predicted octanol–water partition coefficient (Wildman–Crippen LogP) is 15.4. The van der Waals surface area contributed by atoms with Gasteiger partial charge in [0.05, 0.1) is 56.9 Å². The van der Waals surface area contributed by atoms with E-state index in [0.29, 0.717) is 93.9 Å². The Hall–Kier alpha value is -7.33. The Kier molecular flexibility index (Phi) is 52.4. The van der Waals surface area contributed by atoms with Crippen LogP contribution in [0.5, 0.6) is 23.0 Å². The van der Waals surface area contributed by atoms with E-state index in [9.17, 15) is 42.3 Å². The van der Waals surface area contributed by atoms with E-state index in [1.54, 1.807) is 26.8 Å². The van der Waals surface area contributed by atoms with E-state index in [2.05, 4.69) is 86.2 Å². The van der Waals surface area contributed by atoms with Gasteiger partial charge in [0.2, 0.25) is 0 Å². The zero-order chi connectivity index (χ0) is 103. The van der Waals surface area contributed by atoms with Gasteiger partial charge in [0.15, 0.2) is 0 Å². The minimum Gasteiger partial charge on any atom is -1.00 e. The summed E-state index contributed by atoms with van der Waals surface area (Å²) < 4.78 is 78.6. The van der Waals surface area contributed by atoms with Crippen LogP contribution in [0.25, 0.3) is 0 Å². The van der Waals surface area contributed by atoms with Crippen LogP contribution in [0.1, 0.15) is 272 Å². The van der Waals surface area contributed by atoms with E-state index in [-0.39, 0.29) is 196 Å². The normalized spacial score (nSPS) is 21.0. The van der Waals surface area contributed by atoms with Crippen LogP contribution in [0, 0.1) is 47.3 Å². The third-order valence-electron chi connectivity index (χ3n) is 26.2. The minimum atomic E-state index is -3.40. The molecule has 0 unspecified atom stereocenters. The number of carbonyl (C=O) groups excluding carboxylic acids is 7. The van der Waals surface area contributed by atoms with Gasteiger partial charge in [-0.2, -0.15) is 8.42 Å². The average molecular weight is 2070 g/mol. The molecule has 8 saturated heterocycles. The molecule has 8 aliphatic heterocycles. The smallest absolute Gasteiger partial charge is 1.00 e. The summed E-state index contributed by atoms with van der Waals surface area (Å²) in [6.45, 7) is 44.1. The van der Waals surface area contributed by atoms with Crippen LogP contribution in [-0.4, -0.2) is 232 Å². The summed E-state index contributed by atoms with van der Waals surface area (Å²) in [7, 11) is -1.22. The van der Waals surface area contributed by atoms with E-state index in [1.165, 1.54) is 25.7 Å². The van der Waals surface area contributed by atoms with Crippen LogP contribution in [0.4, 0.5) is 28.8 Å². The molecule has 8 aliphatic rings. The van der Waals surface area contributed by atoms with Crippen molar-refractivity contribution < 1.29 is 208 Å². The largest absolute Gasteiger partial charge is 1.00 e. The van der Waals surface area contributed by atoms with Gasteiger partial charge in [0.25, 0.3) is 16.6 Å². The molecule has 30 nitrogen and oxygen atoms in total. The van der Waals surface area contributed by atoms with Crippen LogP contribution < -0.4 is 128 Å². The van der Waals surface area contributed by atoms with Gasteiger partial charge >= 0.3 is 139 Å². The Bertz CT molecular complexity index is 4960. The third kappa shape index (κ3) is 45.2. The Balaban J connectivity index is 0.000000277. The summed E-state index contributed by atoms with van der Waals surface area (Å²) in [5.74, 6) is 6.53. The second-order valence-electron chi connectivity index (χ2n) is 43.6. The number of likely N-dealkylation sites (tertiary alicyclic amines) is 7. The van der Waals surface area contributed by atoms with Gasteiger partial charge in [-0.3, -0.25) is 8.98 Å². The van der Waals surface area contributed by atoms with Gasteiger partial charge < -0.3 is 98.9 Å². The fourth-order valence-corrected chi connectivity index (χ4v) is 19.0. The van der Waals surface area contributed by atoms with Crippen molar-refractivity contribution in [3.05, 3.63) is 191 Å². The molecule has 6 amide bonds. The minimum absolute atomic E-state index is 0. The van der Waals surface area contributed by atoms with Gasteiger partial charge in [0, 0.05) is 52.4 Å². The molecule has 0 spiro atoms. The molecule has 0 bridgehead atoms. The number of carbonyl (C=O) groups is 7. The number of amides is 6. The first kappa shape index (κ1) is 124. The molecule has 6 aromatic rings. The Labute approximate surface area is 944 Å². The molecule has 144 heavy (non-hydrogen) atoms. The Morgan fingerprint density at radius 2 is 0.667 bits per heavy atom. The van der Waals surface area contributed by atoms with Crippen molar-refractivity contribution in [2.75, 3.05) is 118 Å². The van der Waals surface area contributed by atoms with Crippen molar-refractivity contribution in [2.24, 2.45) is 47.3 Å². The number of ether oxygens (including phenoxy) is 9. The molecule has 0 aliphatic carbocycles. The summed E-state index contributed by atoms with van der Waals surface area (Å²) in [5, 5.41) is 21.5. The summed E-state index contributed by atoms with van der Waals surface area (Å²) in [4.78, 5) is 100. The molecule has 8 fully saturated rings. The zero-order valence-electron chi connectivity index (χ0n) is 90.6. The van der Waals surface area contributed by atoms with E-state index >= 15 is 0 Å². The maximum atomic E-state index is 13.0. The molecule has 6 aromatic carbocycles. The predicted molar refractivity (Wildman–Crippen MR) is 547 cm³/mol. The second kappa shape index (κ2) is 61.1. The molecular weight excluding hydrogens is 1910 g/mol. The molecule has 8 atom stereocenters. The maximum absolute atomic E-state index is 13.0. The Morgan fingerprint density at radius 1 is 0.389 bits per heavy atom. The summed E-state index contributed by atoms with van der Waals surface area (Å²) in [6.07, 6.45) is 15.5. The number of benzene rings is 6. The number of rotatable bonds is 21. The molecule has 8 heterocycles. The van der Waals surface area contributed by atoms with Crippen LogP contribution in [0.15, 0.2) is 158 Å². The quantitative estimate of drug-likeness (QED) is 0.0169. The SMILES string of the molecule is CS(=O)(=O)OCC1CCN(C(=O)OCc2ccccc2)CC1.C[C@H]1CC[C@H](c2cccc(O)c2)N(C(=O)OC(C)(C)C)C1.C[C@H]1CC[C@H](c2cccc(OCC3CCN(C(=O)OCc4ccccc4)CC3)c2)N(C(=O)OC(C)(C)C)C1.C[C@H]1CC[C@H](c2cccc(OCC3CCN(C)CC3)c2)N(C(=O)OC(C)(C)C)C1.C[C@H]1CC[C@H](c2cccc(OCC3CCNCC3)c2)N(C(=O)OC(C)(C)C)C1.O=CO[O-].[H-].[K+].[K+]. The zero-order valence-corrected chi connectivity index (χ0v) is 96.7. The van der Waals surface area contributed by atoms with Gasteiger partial charge in [-0.05, 0) is 348 Å². The summed E-state index contributed by atoms with van der Waals surface area (Å²) in [6, 6.07) is 51.2. The number of nitrogens with zero attached hydrogens (tertiary/aromatic N) is 7. The molecule has 0 saturated carbocycles.